The highest BCUT2D eigenvalue weighted by molar-refractivity contribution is 5.32. The van der Waals surface area contributed by atoms with Crippen LogP contribution >= 0.6 is 0 Å². The van der Waals surface area contributed by atoms with Crippen LogP contribution in [0.1, 0.15) is 24.2 Å². The Morgan fingerprint density at radius 2 is 1.80 bits per heavy atom. The van der Waals surface area contributed by atoms with Gasteiger partial charge in [-0.2, -0.15) is 0 Å². The maximum atomic E-state index is 5.76. The molecule has 2 aromatic rings. The fourth-order valence-corrected chi connectivity index (χ4v) is 1.80. The molecule has 0 amide bonds. The summed E-state index contributed by atoms with van der Waals surface area (Å²) in [6, 6.07) is 11.7. The molecule has 0 unspecified atom stereocenters. The number of methoxy groups -OCH3 is 1. The van der Waals surface area contributed by atoms with E-state index in [1.165, 1.54) is 5.56 Å². The SMILES string of the molecule is COCCc1ccc(Oc2ccc([C@H](C)N)nc2)cc1. The molecule has 0 aliphatic heterocycles. The molecule has 1 aromatic heterocycles. The second kappa shape index (κ2) is 7.03. The number of hydrogen-bond acceptors (Lipinski definition) is 4. The predicted octanol–water partition coefficient (Wildman–Crippen LogP) is 3.08. The summed E-state index contributed by atoms with van der Waals surface area (Å²) in [5.74, 6) is 1.50. The maximum Gasteiger partial charge on any atom is 0.145 e. The summed E-state index contributed by atoms with van der Waals surface area (Å²) in [7, 11) is 1.70. The van der Waals surface area contributed by atoms with E-state index in [2.05, 4.69) is 4.98 Å². The molecule has 4 nitrogen and oxygen atoms in total. The monoisotopic (exact) mass is 272 g/mol. The highest BCUT2D eigenvalue weighted by Crippen LogP contribution is 2.22. The van der Waals surface area contributed by atoms with Crippen LogP contribution in [0.15, 0.2) is 42.6 Å². The summed E-state index contributed by atoms with van der Waals surface area (Å²) in [5, 5.41) is 0. The highest BCUT2D eigenvalue weighted by Gasteiger charge is 2.02. The first-order valence-corrected chi connectivity index (χ1v) is 6.66. The van der Waals surface area contributed by atoms with Crippen molar-refractivity contribution in [1.29, 1.82) is 0 Å². The highest BCUT2D eigenvalue weighted by atomic mass is 16.5. The van der Waals surface area contributed by atoms with Crippen molar-refractivity contribution < 1.29 is 9.47 Å². The Bertz CT molecular complexity index is 521. The van der Waals surface area contributed by atoms with Crippen molar-refractivity contribution >= 4 is 0 Å². The van der Waals surface area contributed by atoms with Crippen LogP contribution in [0.5, 0.6) is 11.5 Å². The minimum atomic E-state index is -0.0656. The van der Waals surface area contributed by atoms with Crippen molar-refractivity contribution in [2.24, 2.45) is 5.73 Å². The molecule has 106 valence electrons. The number of benzene rings is 1. The molecule has 0 saturated heterocycles. The van der Waals surface area contributed by atoms with E-state index in [1.807, 2.05) is 43.3 Å². The van der Waals surface area contributed by atoms with Gasteiger partial charge in [-0.25, -0.2) is 0 Å². The van der Waals surface area contributed by atoms with Gasteiger partial charge in [0.05, 0.1) is 18.5 Å². The van der Waals surface area contributed by atoms with Gasteiger partial charge in [0.25, 0.3) is 0 Å². The topological polar surface area (TPSA) is 57.4 Å². The number of aromatic nitrogens is 1. The average molecular weight is 272 g/mol. The van der Waals surface area contributed by atoms with E-state index >= 15 is 0 Å². The minimum absolute atomic E-state index is 0.0656. The molecule has 2 rings (SSSR count). The Kier molecular flexibility index (Phi) is 5.09. The third-order valence-corrected chi connectivity index (χ3v) is 2.98. The molecule has 2 N–H and O–H groups in total. The van der Waals surface area contributed by atoms with Crippen LogP contribution in [0.25, 0.3) is 0 Å². The molecule has 1 aromatic carbocycles. The molecule has 1 atom stereocenters. The zero-order valence-electron chi connectivity index (χ0n) is 11.9. The molecule has 0 aliphatic rings. The Balaban J connectivity index is 1.98. The lowest BCUT2D eigenvalue weighted by Gasteiger charge is -2.08. The molecule has 1 heterocycles. The quantitative estimate of drug-likeness (QED) is 0.878. The predicted molar refractivity (Wildman–Crippen MR) is 78.9 cm³/mol. The third-order valence-electron chi connectivity index (χ3n) is 2.98. The van der Waals surface area contributed by atoms with Crippen LogP contribution in [0, 0.1) is 0 Å². The number of hydrogen-bond donors (Lipinski definition) is 1. The van der Waals surface area contributed by atoms with Crippen LogP contribution in [0.4, 0.5) is 0 Å². The van der Waals surface area contributed by atoms with E-state index in [0.717, 1.165) is 24.5 Å². The van der Waals surface area contributed by atoms with Crippen molar-refractivity contribution in [3.63, 3.8) is 0 Å². The number of nitrogens with two attached hydrogens (primary N) is 1. The number of rotatable bonds is 6. The third kappa shape index (κ3) is 4.05. The van der Waals surface area contributed by atoms with Gasteiger partial charge >= 0.3 is 0 Å². The Morgan fingerprint density at radius 1 is 1.10 bits per heavy atom. The summed E-state index contributed by atoms with van der Waals surface area (Å²) >= 11 is 0. The van der Waals surface area contributed by atoms with E-state index in [9.17, 15) is 0 Å². The molecular weight excluding hydrogens is 252 g/mol. The van der Waals surface area contributed by atoms with Crippen LogP contribution in [-0.2, 0) is 11.2 Å². The summed E-state index contributed by atoms with van der Waals surface area (Å²) in [5.41, 5.74) is 7.84. The molecule has 4 heteroatoms. The molecule has 0 radical (unpaired) electrons. The molecule has 0 saturated carbocycles. The van der Waals surface area contributed by atoms with Gasteiger partial charge < -0.3 is 15.2 Å². The first kappa shape index (κ1) is 14.5. The summed E-state index contributed by atoms with van der Waals surface area (Å²) in [4.78, 5) is 4.27. The van der Waals surface area contributed by atoms with Gasteiger partial charge in [-0.15, -0.1) is 0 Å². The van der Waals surface area contributed by atoms with Crippen molar-refractivity contribution in [3.05, 3.63) is 53.9 Å². The van der Waals surface area contributed by atoms with E-state index in [-0.39, 0.29) is 6.04 Å². The fourth-order valence-electron chi connectivity index (χ4n) is 1.80. The van der Waals surface area contributed by atoms with Crippen LogP contribution in [0.2, 0.25) is 0 Å². The summed E-state index contributed by atoms with van der Waals surface area (Å²) in [6.45, 7) is 2.63. The van der Waals surface area contributed by atoms with Gasteiger partial charge in [0.2, 0.25) is 0 Å². The van der Waals surface area contributed by atoms with Crippen LogP contribution in [0.3, 0.4) is 0 Å². The summed E-state index contributed by atoms with van der Waals surface area (Å²) < 4.78 is 10.8. The second-order valence-corrected chi connectivity index (χ2v) is 4.70. The first-order valence-electron chi connectivity index (χ1n) is 6.66. The van der Waals surface area contributed by atoms with Crippen molar-refractivity contribution in [1.82, 2.24) is 4.98 Å². The van der Waals surface area contributed by atoms with Crippen molar-refractivity contribution in [2.45, 2.75) is 19.4 Å². The minimum Gasteiger partial charge on any atom is -0.456 e. The van der Waals surface area contributed by atoms with Crippen LogP contribution in [-0.4, -0.2) is 18.7 Å². The molecule has 20 heavy (non-hydrogen) atoms. The van der Waals surface area contributed by atoms with Crippen LogP contribution < -0.4 is 10.5 Å². The summed E-state index contributed by atoms with van der Waals surface area (Å²) in [6.07, 6.45) is 2.60. The first-order chi connectivity index (χ1) is 9.69. The average Bonchev–Trinajstić information content (AvgIpc) is 2.47. The van der Waals surface area contributed by atoms with E-state index < -0.39 is 0 Å². The van der Waals surface area contributed by atoms with Crippen molar-refractivity contribution in [3.8, 4) is 11.5 Å². The molecule has 0 fully saturated rings. The molecule has 0 aliphatic carbocycles. The molecule has 0 spiro atoms. The second-order valence-electron chi connectivity index (χ2n) is 4.70. The fraction of sp³-hybridized carbons (Fsp3) is 0.312. The Labute approximate surface area is 119 Å². The Hall–Kier alpha value is -1.91. The number of pyridine rings is 1. The lowest BCUT2D eigenvalue weighted by Crippen LogP contribution is -2.06. The van der Waals surface area contributed by atoms with Gasteiger partial charge in [-0.05, 0) is 43.2 Å². The molecule has 0 bridgehead atoms. The standard InChI is InChI=1S/C16H20N2O2/c1-12(17)16-8-7-15(11-18-16)20-14-5-3-13(4-6-14)9-10-19-2/h3-8,11-12H,9-10,17H2,1-2H3/t12-/m0/s1. The normalized spacial score (nSPS) is 12.2. The van der Waals surface area contributed by atoms with E-state index in [4.69, 9.17) is 15.2 Å². The largest absolute Gasteiger partial charge is 0.456 e. The smallest absolute Gasteiger partial charge is 0.145 e. The van der Waals surface area contributed by atoms with Gasteiger partial charge in [-0.1, -0.05) is 12.1 Å². The lowest BCUT2D eigenvalue weighted by atomic mass is 10.1. The van der Waals surface area contributed by atoms with Crippen molar-refractivity contribution in [2.75, 3.05) is 13.7 Å². The van der Waals surface area contributed by atoms with E-state index in [1.54, 1.807) is 13.3 Å². The number of nitrogens with zero attached hydrogens (tertiary/aromatic N) is 1. The maximum absolute atomic E-state index is 5.76. The molecular formula is C16H20N2O2. The van der Waals surface area contributed by atoms with Gasteiger partial charge in [0.15, 0.2) is 0 Å². The Morgan fingerprint density at radius 3 is 2.35 bits per heavy atom. The lowest BCUT2D eigenvalue weighted by molar-refractivity contribution is 0.202. The zero-order valence-corrected chi connectivity index (χ0v) is 11.9. The number of ether oxygens (including phenoxy) is 2. The van der Waals surface area contributed by atoms with Gasteiger partial charge in [0.1, 0.15) is 11.5 Å². The van der Waals surface area contributed by atoms with Gasteiger partial charge in [-0.3, -0.25) is 4.98 Å². The van der Waals surface area contributed by atoms with E-state index in [0.29, 0.717) is 5.75 Å². The van der Waals surface area contributed by atoms with Gasteiger partial charge in [0, 0.05) is 13.2 Å². The zero-order chi connectivity index (χ0) is 14.4.